The van der Waals surface area contributed by atoms with Gasteiger partial charge in [0.2, 0.25) is 0 Å². The van der Waals surface area contributed by atoms with Gasteiger partial charge in [-0.15, -0.1) is 0 Å². The first kappa shape index (κ1) is 15.7. The first-order chi connectivity index (χ1) is 8.36. The maximum atomic E-state index is 14.0. The molecule has 0 aliphatic heterocycles. The van der Waals surface area contributed by atoms with Gasteiger partial charge in [-0.1, -0.05) is 38.9 Å². The average molecular weight is 343 g/mol. The predicted octanol–water partition coefficient (Wildman–Crippen LogP) is 4.72. The Balaban J connectivity index is 3.69. The van der Waals surface area contributed by atoms with Crippen molar-refractivity contribution in [1.82, 2.24) is 0 Å². The Kier molecular flexibility index (Phi) is 5.00. The van der Waals surface area contributed by atoms with Crippen LogP contribution in [0.1, 0.15) is 20.8 Å². The van der Waals surface area contributed by atoms with Gasteiger partial charge in [-0.05, 0) is 21.1 Å². The van der Waals surface area contributed by atoms with Crippen molar-refractivity contribution in [2.75, 3.05) is 0 Å². The molecule has 0 aromatic heterocycles. The van der Waals surface area contributed by atoms with Crippen LogP contribution in [0.4, 0.5) is 17.6 Å². The summed E-state index contributed by atoms with van der Waals surface area (Å²) in [4.78, 5) is 0. The minimum absolute atomic E-state index is 0.0337. The predicted molar refractivity (Wildman–Crippen MR) is 70.8 cm³/mol. The monoisotopic (exact) mass is 342 g/mol. The summed E-state index contributed by atoms with van der Waals surface area (Å²) in [5.74, 6) is -6.04. The number of halogens is 5. The molecule has 0 aliphatic rings. The van der Waals surface area contributed by atoms with Gasteiger partial charge in [0.1, 0.15) is 0 Å². The summed E-state index contributed by atoms with van der Waals surface area (Å²) in [6, 6.07) is 1.96. The molecule has 0 amide bonds. The van der Waals surface area contributed by atoms with Gasteiger partial charge in [-0.3, -0.25) is 0 Å². The van der Waals surface area contributed by atoms with E-state index in [0.717, 1.165) is 0 Å². The summed E-state index contributed by atoms with van der Waals surface area (Å²) in [6.45, 7) is 5.64. The van der Waals surface area contributed by atoms with E-state index >= 15 is 0 Å². The van der Waals surface area contributed by atoms with Crippen molar-refractivity contribution in [3.8, 4) is 0 Å². The Morgan fingerprint density at radius 3 is 1.56 bits per heavy atom. The van der Waals surface area contributed by atoms with Crippen LogP contribution in [0, 0.1) is 23.3 Å². The van der Waals surface area contributed by atoms with E-state index in [1.165, 1.54) is 0 Å². The molecule has 18 heavy (non-hydrogen) atoms. The molecule has 0 spiro atoms. The lowest BCUT2D eigenvalue weighted by molar-refractivity contribution is 0.409. The summed E-state index contributed by atoms with van der Waals surface area (Å²) < 4.78 is 53.8. The van der Waals surface area contributed by atoms with Crippen molar-refractivity contribution in [2.45, 2.75) is 38.9 Å². The van der Waals surface area contributed by atoms with Crippen molar-refractivity contribution in [1.29, 1.82) is 0 Å². The highest BCUT2D eigenvalue weighted by atomic mass is 79.9. The Morgan fingerprint density at radius 1 is 0.778 bits per heavy atom. The van der Waals surface area contributed by atoms with Gasteiger partial charge in [0.05, 0.1) is 12.5 Å². The van der Waals surface area contributed by atoms with Gasteiger partial charge in [0.15, 0.2) is 23.3 Å². The summed E-state index contributed by atoms with van der Waals surface area (Å²) in [7, 11) is -2.34. The topological polar surface area (TPSA) is 0 Å². The highest BCUT2D eigenvalue weighted by Crippen LogP contribution is 2.29. The second-order valence-electron chi connectivity index (χ2n) is 4.29. The van der Waals surface area contributed by atoms with Gasteiger partial charge >= 0.3 is 0 Å². The second kappa shape index (κ2) is 5.73. The van der Waals surface area contributed by atoms with Gasteiger partial charge < -0.3 is 0 Å². The van der Waals surface area contributed by atoms with Crippen LogP contribution >= 0.6 is 15.9 Å². The van der Waals surface area contributed by atoms with Crippen molar-refractivity contribution in [3.63, 3.8) is 0 Å². The van der Waals surface area contributed by atoms with Crippen molar-refractivity contribution in [2.24, 2.45) is 0 Å². The van der Waals surface area contributed by atoms with E-state index in [1.807, 2.05) is 20.8 Å². The van der Waals surface area contributed by atoms with E-state index in [9.17, 15) is 17.6 Å². The van der Waals surface area contributed by atoms with Crippen LogP contribution in [0.25, 0.3) is 0 Å². The number of rotatable bonds is 4. The molecule has 0 N–H and O–H groups in total. The fraction of sp³-hybridized carbons (Fsp3) is 0.500. The minimum atomic E-state index is -2.34. The fourth-order valence-corrected chi connectivity index (χ4v) is 7.67. The third kappa shape index (κ3) is 2.24. The molecule has 0 radical (unpaired) electrons. The molecule has 0 bridgehead atoms. The van der Waals surface area contributed by atoms with Crippen LogP contribution < -0.4 is 5.19 Å². The SMILES string of the molecule is CC[Si](CC)(CC)c1c(F)c(F)c(F)c(F)c1Br. The molecule has 0 fully saturated rings. The molecule has 1 aromatic carbocycles. The van der Waals surface area contributed by atoms with Crippen LogP contribution in [-0.4, -0.2) is 8.07 Å². The Bertz CT molecular complexity index is 421. The molecule has 1 aromatic rings. The largest absolute Gasteiger partial charge is 0.204 e. The average Bonchev–Trinajstić information content (AvgIpc) is 2.39. The lowest BCUT2D eigenvalue weighted by atomic mass is 10.3. The van der Waals surface area contributed by atoms with Gasteiger partial charge in [-0.25, -0.2) is 17.6 Å². The van der Waals surface area contributed by atoms with Crippen molar-refractivity contribution < 1.29 is 17.6 Å². The molecule has 1 rings (SSSR count). The zero-order valence-corrected chi connectivity index (χ0v) is 13.1. The first-order valence-electron chi connectivity index (χ1n) is 5.88. The summed E-state index contributed by atoms with van der Waals surface area (Å²) in [6.07, 6.45) is 0. The van der Waals surface area contributed by atoms with E-state index in [4.69, 9.17) is 0 Å². The zero-order valence-electron chi connectivity index (χ0n) is 10.5. The normalized spacial score (nSPS) is 12.0. The van der Waals surface area contributed by atoms with Crippen LogP contribution in [0.5, 0.6) is 0 Å². The van der Waals surface area contributed by atoms with Gasteiger partial charge in [-0.2, -0.15) is 0 Å². The Hall–Kier alpha value is -0.363. The van der Waals surface area contributed by atoms with Crippen LogP contribution in [-0.2, 0) is 0 Å². The molecule has 0 nitrogen and oxygen atoms in total. The third-order valence-corrected chi connectivity index (χ3v) is 10.5. The minimum Gasteiger partial charge on any atom is -0.204 e. The molecule has 0 saturated carbocycles. The summed E-state index contributed by atoms with van der Waals surface area (Å²) in [5, 5.41) is 0.0337. The van der Waals surface area contributed by atoms with Gasteiger partial charge in [0, 0.05) is 0 Å². The first-order valence-corrected chi connectivity index (χ1v) is 9.29. The van der Waals surface area contributed by atoms with E-state index in [1.54, 1.807) is 0 Å². The molecule has 0 heterocycles. The molecule has 0 unspecified atom stereocenters. The molecular weight excluding hydrogens is 328 g/mol. The Morgan fingerprint density at radius 2 is 1.17 bits per heavy atom. The number of hydrogen-bond donors (Lipinski definition) is 0. The van der Waals surface area contributed by atoms with Crippen LogP contribution in [0.3, 0.4) is 0 Å². The fourth-order valence-electron chi connectivity index (χ4n) is 2.35. The lowest BCUT2D eigenvalue weighted by Gasteiger charge is -2.30. The Labute approximate surface area is 114 Å². The number of benzene rings is 1. The van der Waals surface area contributed by atoms with E-state index in [2.05, 4.69) is 15.9 Å². The molecule has 0 atom stereocenters. The standard InChI is InChI=1S/C12H15BrF4Si/c1-4-18(5-2,6-3)12-7(13)8(14)9(15)10(16)11(12)17/h4-6H2,1-3H3. The van der Waals surface area contributed by atoms with Crippen molar-refractivity contribution >= 4 is 29.2 Å². The highest BCUT2D eigenvalue weighted by Gasteiger charge is 2.38. The molecule has 6 heteroatoms. The second-order valence-corrected chi connectivity index (χ2v) is 10.3. The molecule has 0 saturated heterocycles. The molecular formula is C12H15BrF4Si. The summed E-state index contributed by atoms with van der Waals surface area (Å²) in [5.41, 5.74) is 0. The van der Waals surface area contributed by atoms with E-state index in [0.29, 0.717) is 18.1 Å². The zero-order chi connectivity index (χ0) is 14.1. The van der Waals surface area contributed by atoms with Crippen molar-refractivity contribution in [3.05, 3.63) is 27.7 Å². The maximum Gasteiger partial charge on any atom is 0.198 e. The van der Waals surface area contributed by atoms with E-state index in [-0.39, 0.29) is 9.66 Å². The van der Waals surface area contributed by atoms with E-state index < -0.39 is 31.3 Å². The molecule has 102 valence electrons. The smallest absolute Gasteiger partial charge is 0.198 e. The number of hydrogen-bond acceptors (Lipinski definition) is 0. The quantitative estimate of drug-likeness (QED) is 0.321. The third-order valence-electron chi connectivity index (χ3n) is 3.77. The lowest BCUT2D eigenvalue weighted by Crippen LogP contribution is -2.49. The van der Waals surface area contributed by atoms with Crippen LogP contribution in [0.2, 0.25) is 18.1 Å². The maximum absolute atomic E-state index is 14.0. The summed E-state index contributed by atoms with van der Waals surface area (Å²) >= 11 is 2.89. The molecule has 0 aliphatic carbocycles. The van der Waals surface area contributed by atoms with Crippen LogP contribution in [0.15, 0.2) is 4.47 Å². The van der Waals surface area contributed by atoms with Gasteiger partial charge in [0.25, 0.3) is 0 Å². The highest BCUT2D eigenvalue weighted by molar-refractivity contribution is 9.10.